The molecule has 3 aliphatic rings. The number of fused-ring (bicyclic) bond motifs is 1. The van der Waals surface area contributed by atoms with Gasteiger partial charge in [-0.25, -0.2) is 0 Å². The highest BCUT2D eigenvalue weighted by molar-refractivity contribution is 5.99. The molecule has 0 bridgehead atoms. The molecule has 29 heavy (non-hydrogen) atoms. The topological polar surface area (TPSA) is 63.6 Å². The number of allylic oxidation sites excluding steroid dienone is 1. The summed E-state index contributed by atoms with van der Waals surface area (Å²) in [4.78, 5) is 26.3. The number of rotatable bonds is 3. The predicted octanol–water partition coefficient (Wildman–Crippen LogP) is 4.82. The standard InChI is InChI=1S/C25H32O4/c1-24(2)11-16(26)21(17(27)12-24)23-19(10-15-8-6-5-7-9-15)29-20-14-25(3,4)13-18(28)22(20)23/h5-9,19-20,22-23,26H,10-14H2,1-4H3/t19-,20-,22+,23-/m0/s1. The molecule has 1 aromatic carbocycles. The molecule has 4 rings (SSSR count). The minimum absolute atomic E-state index is 0.0244. The van der Waals surface area contributed by atoms with E-state index in [1.807, 2.05) is 44.2 Å². The van der Waals surface area contributed by atoms with Gasteiger partial charge in [-0.05, 0) is 29.2 Å². The lowest BCUT2D eigenvalue weighted by atomic mass is 9.63. The van der Waals surface area contributed by atoms with Gasteiger partial charge in [0.05, 0.1) is 23.9 Å². The van der Waals surface area contributed by atoms with Gasteiger partial charge in [0.1, 0.15) is 5.78 Å². The summed E-state index contributed by atoms with van der Waals surface area (Å²) >= 11 is 0. The number of ether oxygens (including phenoxy) is 1. The van der Waals surface area contributed by atoms with Gasteiger partial charge in [-0.3, -0.25) is 9.59 Å². The van der Waals surface area contributed by atoms with Crippen LogP contribution in [-0.2, 0) is 20.7 Å². The normalized spacial score (nSPS) is 33.7. The first-order valence-corrected chi connectivity index (χ1v) is 10.7. The van der Waals surface area contributed by atoms with E-state index in [-0.39, 0.29) is 52.2 Å². The Morgan fingerprint density at radius 3 is 2.31 bits per heavy atom. The first kappa shape index (κ1) is 20.3. The minimum atomic E-state index is -0.354. The van der Waals surface area contributed by atoms with Crippen molar-refractivity contribution in [3.05, 3.63) is 47.2 Å². The Kier molecular flexibility index (Phi) is 4.97. The van der Waals surface area contributed by atoms with E-state index in [1.165, 1.54) is 0 Å². The van der Waals surface area contributed by atoms with Gasteiger partial charge in [-0.2, -0.15) is 0 Å². The van der Waals surface area contributed by atoms with Crippen LogP contribution in [0.1, 0.15) is 58.9 Å². The van der Waals surface area contributed by atoms with Gasteiger partial charge in [0.15, 0.2) is 5.78 Å². The average Bonchev–Trinajstić information content (AvgIpc) is 2.90. The largest absolute Gasteiger partial charge is 0.512 e. The van der Waals surface area contributed by atoms with Gasteiger partial charge in [-0.15, -0.1) is 0 Å². The van der Waals surface area contributed by atoms with Crippen LogP contribution in [0.3, 0.4) is 0 Å². The second-order valence-electron chi connectivity index (χ2n) is 10.8. The van der Waals surface area contributed by atoms with Crippen molar-refractivity contribution in [1.82, 2.24) is 0 Å². The number of hydrogen-bond acceptors (Lipinski definition) is 4. The van der Waals surface area contributed by atoms with Gasteiger partial charge < -0.3 is 9.84 Å². The maximum atomic E-state index is 13.2. The van der Waals surface area contributed by atoms with E-state index in [9.17, 15) is 14.7 Å². The van der Waals surface area contributed by atoms with Gasteiger partial charge in [0.2, 0.25) is 0 Å². The van der Waals surface area contributed by atoms with Crippen molar-refractivity contribution in [3.63, 3.8) is 0 Å². The van der Waals surface area contributed by atoms with Gasteiger partial charge in [-0.1, -0.05) is 58.0 Å². The molecule has 2 fully saturated rings. The molecule has 0 spiro atoms. The molecule has 1 aromatic rings. The Hall–Kier alpha value is -1.94. The number of aliphatic hydroxyl groups is 1. The van der Waals surface area contributed by atoms with Crippen molar-refractivity contribution in [2.24, 2.45) is 22.7 Å². The predicted molar refractivity (Wildman–Crippen MR) is 111 cm³/mol. The van der Waals surface area contributed by atoms with Crippen molar-refractivity contribution in [3.8, 4) is 0 Å². The van der Waals surface area contributed by atoms with Crippen LogP contribution in [0.15, 0.2) is 41.7 Å². The lowest BCUT2D eigenvalue weighted by Crippen LogP contribution is -2.43. The highest BCUT2D eigenvalue weighted by Crippen LogP contribution is 2.51. The molecule has 4 atom stereocenters. The fraction of sp³-hybridized carbons (Fsp3) is 0.600. The third-order valence-corrected chi connectivity index (χ3v) is 6.83. The van der Waals surface area contributed by atoms with E-state index in [0.29, 0.717) is 31.3 Å². The fourth-order valence-corrected chi connectivity index (χ4v) is 5.71. The Balaban J connectivity index is 1.74. The number of hydrogen-bond donors (Lipinski definition) is 1. The van der Waals surface area contributed by atoms with Crippen molar-refractivity contribution < 1.29 is 19.4 Å². The fourth-order valence-electron chi connectivity index (χ4n) is 5.71. The molecule has 4 heteroatoms. The maximum Gasteiger partial charge on any atom is 0.163 e. The van der Waals surface area contributed by atoms with Crippen LogP contribution in [0.2, 0.25) is 0 Å². The molecule has 1 saturated heterocycles. The highest BCUT2D eigenvalue weighted by Gasteiger charge is 2.56. The van der Waals surface area contributed by atoms with E-state index in [2.05, 4.69) is 13.8 Å². The van der Waals surface area contributed by atoms with Crippen LogP contribution >= 0.6 is 0 Å². The number of carbonyl (C=O) groups is 2. The van der Waals surface area contributed by atoms with E-state index in [0.717, 1.165) is 12.0 Å². The maximum absolute atomic E-state index is 13.2. The molecule has 156 valence electrons. The Bertz CT molecular complexity index is 849. The third kappa shape index (κ3) is 3.92. The van der Waals surface area contributed by atoms with Gasteiger partial charge >= 0.3 is 0 Å². The van der Waals surface area contributed by atoms with Crippen LogP contribution in [0.25, 0.3) is 0 Å². The molecule has 4 nitrogen and oxygen atoms in total. The number of aliphatic hydroxyl groups excluding tert-OH is 1. The molecule has 0 unspecified atom stereocenters. The number of carbonyl (C=O) groups excluding carboxylic acids is 2. The summed E-state index contributed by atoms with van der Waals surface area (Å²) in [6, 6.07) is 10.1. The molecule has 1 N–H and O–H groups in total. The number of ketones is 2. The van der Waals surface area contributed by atoms with Crippen LogP contribution < -0.4 is 0 Å². The lowest BCUT2D eigenvalue weighted by Gasteiger charge is -2.38. The first-order chi connectivity index (χ1) is 13.6. The molecular formula is C25H32O4. The van der Waals surface area contributed by atoms with E-state index in [1.54, 1.807) is 0 Å². The molecule has 1 heterocycles. The Labute approximate surface area is 173 Å². The van der Waals surface area contributed by atoms with E-state index >= 15 is 0 Å². The summed E-state index contributed by atoms with van der Waals surface area (Å²) in [7, 11) is 0. The number of Topliss-reactive ketones (excluding diaryl/α,β-unsaturated/α-hetero) is 2. The zero-order valence-corrected chi connectivity index (χ0v) is 17.9. The quantitative estimate of drug-likeness (QED) is 0.796. The van der Waals surface area contributed by atoms with Crippen molar-refractivity contribution >= 4 is 11.6 Å². The molecule has 0 aromatic heterocycles. The zero-order chi connectivity index (χ0) is 21.0. The van der Waals surface area contributed by atoms with E-state index in [4.69, 9.17) is 4.74 Å². The second kappa shape index (κ2) is 7.09. The summed E-state index contributed by atoms with van der Waals surface area (Å²) in [5, 5.41) is 10.9. The Morgan fingerprint density at radius 1 is 0.966 bits per heavy atom. The van der Waals surface area contributed by atoms with Crippen LogP contribution in [-0.4, -0.2) is 28.9 Å². The van der Waals surface area contributed by atoms with Crippen LogP contribution in [0, 0.1) is 22.7 Å². The van der Waals surface area contributed by atoms with Crippen molar-refractivity contribution in [2.45, 2.75) is 72.0 Å². The highest BCUT2D eigenvalue weighted by atomic mass is 16.5. The van der Waals surface area contributed by atoms with Gasteiger partial charge in [0.25, 0.3) is 0 Å². The van der Waals surface area contributed by atoms with Gasteiger partial charge in [0, 0.05) is 30.8 Å². The summed E-state index contributed by atoms with van der Waals surface area (Å²) < 4.78 is 6.47. The molecule has 1 saturated carbocycles. The van der Waals surface area contributed by atoms with Crippen molar-refractivity contribution in [2.75, 3.05) is 0 Å². The third-order valence-electron chi connectivity index (χ3n) is 6.83. The summed E-state index contributed by atoms with van der Waals surface area (Å²) in [5.74, 6) is -0.379. The minimum Gasteiger partial charge on any atom is -0.512 e. The SMILES string of the molecule is CC1(C)CC(=O)C([C@H]2[C@@H]3C(=O)CC(C)(C)C[C@@H]3O[C@H]2Cc2ccccc2)=C(O)C1. The lowest BCUT2D eigenvalue weighted by molar-refractivity contribution is -0.132. The van der Waals surface area contributed by atoms with Crippen LogP contribution in [0.5, 0.6) is 0 Å². The Morgan fingerprint density at radius 2 is 1.66 bits per heavy atom. The smallest absolute Gasteiger partial charge is 0.163 e. The monoisotopic (exact) mass is 396 g/mol. The van der Waals surface area contributed by atoms with Crippen molar-refractivity contribution in [1.29, 1.82) is 0 Å². The molecule has 2 aliphatic carbocycles. The summed E-state index contributed by atoms with van der Waals surface area (Å²) in [6.45, 7) is 8.22. The molecule has 0 radical (unpaired) electrons. The second-order valence-corrected chi connectivity index (χ2v) is 10.8. The first-order valence-electron chi connectivity index (χ1n) is 10.7. The zero-order valence-electron chi connectivity index (χ0n) is 17.9. The average molecular weight is 397 g/mol. The molecular weight excluding hydrogens is 364 g/mol. The van der Waals surface area contributed by atoms with Crippen LogP contribution in [0.4, 0.5) is 0 Å². The van der Waals surface area contributed by atoms with E-state index < -0.39 is 0 Å². The number of benzene rings is 1. The summed E-state index contributed by atoms with van der Waals surface area (Å²) in [5.41, 5.74) is 1.23. The summed E-state index contributed by atoms with van der Waals surface area (Å²) in [6.07, 6.45) is 2.36. The molecule has 0 amide bonds. The molecule has 1 aliphatic heterocycles.